The van der Waals surface area contributed by atoms with E-state index in [9.17, 15) is 13.2 Å². The van der Waals surface area contributed by atoms with Crippen LogP contribution in [0.15, 0.2) is 35.3 Å². The summed E-state index contributed by atoms with van der Waals surface area (Å²) in [6.45, 7) is 0.951. The molecule has 1 aromatic rings. The fourth-order valence-corrected chi connectivity index (χ4v) is 0.760. The molecule has 1 nitrogen and oxygen atoms in total. The third kappa shape index (κ3) is 2.89. The van der Waals surface area contributed by atoms with Crippen LogP contribution in [-0.4, -0.2) is 11.9 Å². The quantitative estimate of drug-likeness (QED) is 0.598. The SMILES string of the molecule is C/C(=N\c1ccccc1)C(F)(F)F. The molecule has 0 heterocycles. The first kappa shape index (κ1) is 9.77. The van der Waals surface area contributed by atoms with Crippen molar-refractivity contribution in [1.82, 2.24) is 0 Å². The number of benzene rings is 1. The van der Waals surface area contributed by atoms with Gasteiger partial charge in [0.1, 0.15) is 5.71 Å². The van der Waals surface area contributed by atoms with Crippen molar-refractivity contribution >= 4 is 11.4 Å². The Hall–Kier alpha value is -1.32. The van der Waals surface area contributed by atoms with E-state index >= 15 is 0 Å². The Labute approximate surface area is 73.9 Å². The lowest BCUT2D eigenvalue weighted by Gasteiger charge is -2.04. The molecule has 4 heteroatoms. The van der Waals surface area contributed by atoms with Crippen molar-refractivity contribution in [3.8, 4) is 0 Å². The number of hydrogen-bond acceptors (Lipinski definition) is 1. The molecule has 0 aliphatic heterocycles. The van der Waals surface area contributed by atoms with Crippen LogP contribution >= 0.6 is 0 Å². The minimum Gasteiger partial charge on any atom is -0.249 e. The molecule has 0 bridgehead atoms. The molecule has 0 atom stereocenters. The summed E-state index contributed by atoms with van der Waals surface area (Å²) >= 11 is 0. The molecular formula is C9H8F3N. The maximum absolute atomic E-state index is 12.0. The summed E-state index contributed by atoms with van der Waals surface area (Å²) < 4.78 is 36.0. The number of rotatable bonds is 1. The van der Waals surface area contributed by atoms with Gasteiger partial charge in [0.2, 0.25) is 0 Å². The summed E-state index contributed by atoms with van der Waals surface area (Å²) in [5, 5.41) is 0. The second-order valence-electron chi connectivity index (χ2n) is 2.53. The van der Waals surface area contributed by atoms with E-state index in [1.807, 2.05) is 0 Å². The Morgan fingerprint density at radius 3 is 2.15 bits per heavy atom. The van der Waals surface area contributed by atoms with Gasteiger partial charge in [-0.3, -0.25) is 0 Å². The van der Waals surface area contributed by atoms with Crippen LogP contribution in [0.25, 0.3) is 0 Å². The zero-order valence-electron chi connectivity index (χ0n) is 6.97. The molecule has 0 N–H and O–H groups in total. The molecule has 0 saturated heterocycles. The molecule has 1 aromatic carbocycles. The molecule has 0 radical (unpaired) electrons. The monoisotopic (exact) mass is 187 g/mol. The second kappa shape index (κ2) is 3.60. The summed E-state index contributed by atoms with van der Waals surface area (Å²) in [5.74, 6) is 0. The van der Waals surface area contributed by atoms with Crippen LogP contribution in [-0.2, 0) is 0 Å². The van der Waals surface area contributed by atoms with Crippen molar-refractivity contribution in [1.29, 1.82) is 0 Å². The van der Waals surface area contributed by atoms with Crippen molar-refractivity contribution in [2.24, 2.45) is 4.99 Å². The van der Waals surface area contributed by atoms with E-state index in [4.69, 9.17) is 0 Å². The average molecular weight is 187 g/mol. The van der Waals surface area contributed by atoms with Gasteiger partial charge in [0, 0.05) is 0 Å². The third-order valence-electron chi connectivity index (χ3n) is 1.46. The number of hydrogen-bond donors (Lipinski definition) is 0. The van der Waals surface area contributed by atoms with Gasteiger partial charge >= 0.3 is 6.18 Å². The molecule has 0 aromatic heterocycles. The maximum Gasteiger partial charge on any atom is 0.429 e. The Kier molecular flexibility index (Phi) is 2.70. The zero-order chi connectivity index (χ0) is 9.90. The molecule has 0 saturated carbocycles. The third-order valence-corrected chi connectivity index (χ3v) is 1.46. The van der Waals surface area contributed by atoms with E-state index in [1.54, 1.807) is 18.2 Å². The van der Waals surface area contributed by atoms with Crippen LogP contribution in [0.4, 0.5) is 18.9 Å². The van der Waals surface area contributed by atoms with Crippen LogP contribution in [0.2, 0.25) is 0 Å². The summed E-state index contributed by atoms with van der Waals surface area (Å²) in [5.41, 5.74) is -0.518. The van der Waals surface area contributed by atoms with Gasteiger partial charge in [-0.05, 0) is 19.1 Å². The van der Waals surface area contributed by atoms with Crippen molar-refractivity contribution < 1.29 is 13.2 Å². The average Bonchev–Trinajstić information content (AvgIpc) is 2.04. The first-order valence-electron chi connectivity index (χ1n) is 3.67. The smallest absolute Gasteiger partial charge is 0.249 e. The fourth-order valence-electron chi connectivity index (χ4n) is 0.760. The van der Waals surface area contributed by atoms with Gasteiger partial charge in [0.15, 0.2) is 0 Å². The highest BCUT2D eigenvalue weighted by molar-refractivity contribution is 5.89. The molecule has 13 heavy (non-hydrogen) atoms. The Balaban J connectivity index is 2.90. The van der Waals surface area contributed by atoms with Gasteiger partial charge in [0.25, 0.3) is 0 Å². The van der Waals surface area contributed by atoms with Gasteiger partial charge in [-0.25, -0.2) is 4.99 Å². The standard InChI is InChI=1S/C9H8F3N/c1-7(9(10,11)12)13-8-5-3-2-4-6-8/h2-6H,1H3/b13-7+. The number of nitrogens with zero attached hydrogens (tertiary/aromatic N) is 1. The first-order valence-corrected chi connectivity index (χ1v) is 3.67. The first-order chi connectivity index (χ1) is 6.00. The van der Waals surface area contributed by atoms with E-state index in [2.05, 4.69) is 4.99 Å². The summed E-state index contributed by atoms with van der Waals surface area (Å²) in [6.07, 6.45) is -4.34. The highest BCUT2D eigenvalue weighted by atomic mass is 19.4. The van der Waals surface area contributed by atoms with Gasteiger partial charge in [-0.1, -0.05) is 18.2 Å². The topological polar surface area (TPSA) is 12.4 Å². The summed E-state index contributed by atoms with van der Waals surface area (Å²) in [6, 6.07) is 8.05. The molecule has 70 valence electrons. The van der Waals surface area contributed by atoms with Crippen LogP contribution in [0.3, 0.4) is 0 Å². The Morgan fingerprint density at radius 1 is 1.15 bits per heavy atom. The Morgan fingerprint density at radius 2 is 1.69 bits per heavy atom. The highest BCUT2D eigenvalue weighted by Gasteiger charge is 2.31. The minimum atomic E-state index is -4.34. The number of aliphatic imine (C=N–C) groups is 1. The molecular weight excluding hydrogens is 179 g/mol. The lowest BCUT2D eigenvalue weighted by molar-refractivity contribution is -0.0591. The lowest BCUT2D eigenvalue weighted by atomic mass is 10.3. The molecule has 0 fully saturated rings. The zero-order valence-corrected chi connectivity index (χ0v) is 6.97. The predicted molar refractivity (Wildman–Crippen MR) is 45.3 cm³/mol. The van der Waals surface area contributed by atoms with Gasteiger partial charge in [0.05, 0.1) is 5.69 Å². The number of alkyl halides is 3. The van der Waals surface area contributed by atoms with Crippen LogP contribution < -0.4 is 0 Å². The van der Waals surface area contributed by atoms with Gasteiger partial charge in [-0.15, -0.1) is 0 Å². The van der Waals surface area contributed by atoms with E-state index in [0.717, 1.165) is 6.92 Å². The number of para-hydroxylation sites is 1. The highest BCUT2D eigenvalue weighted by Crippen LogP contribution is 2.20. The normalized spacial score (nSPS) is 13.1. The van der Waals surface area contributed by atoms with Gasteiger partial charge in [-0.2, -0.15) is 13.2 Å². The summed E-state index contributed by atoms with van der Waals surface area (Å²) in [7, 11) is 0. The molecule has 1 rings (SSSR count). The van der Waals surface area contributed by atoms with Crippen LogP contribution in [0.5, 0.6) is 0 Å². The molecule has 0 unspecified atom stereocenters. The minimum absolute atomic E-state index is 0.317. The lowest BCUT2D eigenvalue weighted by Crippen LogP contribution is -2.18. The molecule has 0 aliphatic carbocycles. The maximum atomic E-state index is 12.0. The second-order valence-corrected chi connectivity index (χ2v) is 2.53. The van der Waals surface area contributed by atoms with Gasteiger partial charge < -0.3 is 0 Å². The van der Waals surface area contributed by atoms with Crippen molar-refractivity contribution in [3.63, 3.8) is 0 Å². The van der Waals surface area contributed by atoms with Crippen molar-refractivity contribution in [2.75, 3.05) is 0 Å². The van der Waals surface area contributed by atoms with E-state index in [1.165, 1.54) is 12.1 Å². The van der Waals surface area contributed by atoms with Crippen LogP contribution in [0.1, 0.15) is 6.92 Å². The van der Waals surface area contributed by atoms with E-state index in [0.29, 0.717) is 5.69 Å². The van der Waals surface area contributed by atoms with Crippen molar-refractivity contribution in [2.45, 2.75) is 13.1 Å². The predicted octanol–water partition coefficient (Wildman–Crippen LogP) is 3.34. The molecule has 0 amide bonds. The summed E-state index contributed by atoms with van der Waals surface area (Å²) in [4.78, 5) is 3.42. The van der Waals surface area contributed by atoms with Crippen molar-refractivity contribution in [3.05, 3.63) is 30.3 Å². The largest absolute Gasteiger partial charge is 0.429 e. The van der Waals surface area contributed by atoms with E-state index < -0.39 is 11.9 Å². The fraction of sp³-hybridized carbons (Fsp3) is 0.222. The van der Waals surface area contributed by atoms with E-state index in [-0.39, 0.29) is 0 Å². The Bertz CT molecular complexity index is 300. The van der Waals surface area contributed by atoms with Crippen LogP contribution in [0, 0.1) is 0 Å². The molecule has 0 aliphatic rings. The number of halogens is 3. The molecule has 0 spiro atoms.